The maximum absolute atomic E-state index is 12.0. The molecule has 0 atom stereocenters. The van der Waals surface area contributed by atoms with Gasteiger partial charge in [0.05, 0.1) is 37.5 Å². The Hall–Kier alpha value is -2.88. The van der Waals surface area contributed by atoms with Crippen LogP contribution in [0, 0.1) is 11.8 Å². The summed E-state index contributed by atoms with van der Waals surface area (Å²) in [6.07, 6.45) is 0. The van der Waals surface area contributed by atoms with Crippen molar-refractivity contribution in [2.75, 3.05) is 38.8 Å². The first-order valence-corrected chi connectivity index (χ1v) is 8.82. The van der Waals surface area contributed by atoms with Gasteiger partial charge in [-0.15, -0.1) is 0 Å². The quantitative estimate of drug-likeness (QED) is 0.378. The average molecular weight is 367 g/mol. The number of nitrogen functional groups attached to an aromatic ring is 1. The first kappa shape index (κ1) is 18.9. The Morgan fingerprint density at radius 2 is 1.67 bits per heavy atom. The number of rotatable bonds is 8. The summed E-state index contributed by atoms with van der Waals surface area (Å²) in [7, 11) is 0. The molecule has 140 valence electrons. The SMILES string of the molecule is Nc1ccc(C#Cc2nc3ccccc3n2CCOCCOCCF)cc1. The van der Waals surface area contributed by atoms with Crippen LogP contribution in [0.2, 0.25) is 0 Å². The molecule has 2 N–H and O–H groups in total. The minimum atomic E-state index is -0.475. The second-order valence-electron chi connectivity index (χ2n) is 5.86. The van der Waals surface area contributed by atoms with E-state index in [1.165, 1.54) is 0 Å². The molecule has 3 rings (SSSR count). The van der Waals surface area contributed by atoms with Gasteiger partial charge in [0, 0.05) is 17.8 Å². The molecule has 3 aromatic rings. The Labute approximate surface area is 157 Å². The molecule has 0 aliphatic heterocycles. The highest BCUT2D eigenvalue weighted by molar-refractivity contribution is 5.76. The van der Waals surface area contributed by atoms with Crippen LogP contribution < -0.4 is 5.73 Å². The second kappa shape index (κ2) is 9.72. The van der Waals surface area contributed by atoms with Gasteiger partial charge in [-0.25, -0.2) is 9.37 Å². The summed E-state index contributed by atoms with van der Waals surface area (Å²) in [5, 5.41) is 0. The molecule has 0 aliphatic rings. The summed E-state index contributed by atoms with van der Waals surface area (Å²) in [6, 6.07) is 15.3. The predicted molar refractivity (Wildman–Crippen MR) is 104 cm³/mol. The minimum Gasteiger partial charge on any atom is -0.399 e. The van der Waals surface area contributed by atoms with Crippen LogP contribution in [-0.2, 0) is 16.0 Å². The van der Waals surface area contributed by atoms with Gasteiger partial charge in [0.15, 0.2) is 5.82 Å². The van der Waals surface area contributed by atoms with E-state index in [4.69, 9.17) is 15.2 Å². The number of para-hydroxylation sites is 2. The van der Waals surface area contributed by atoms with E-state index in [-0.39, 0.29) is 6.61 Å². The topological polar surface area (TPSA) is 62.3 Å². The van der Waals surface area contributed by atoms with Gasteiger partial charge in [-0.3, -0.25) is 0 Å². The Kier molecular flexibility index (Phi) is 6.80. The summed E-state index contributed by atoms with van der Waals surface area (Å²) in [4.78, 5) is 4.63. The van der Waals surface area contributed by atoms with Gasteiger partial charge in [0.25, 0.3) is 0 Å². The van der Waals surface area contributed by atoms with E-state index in [0.29, 0.717) is 37.9 Å². The summed E-state index contributed by atoms with van der Waals surface area (Å²) >= 11 is 0. The number of benzene rings is 2. The van der Waals surface area contributed by atoms with Gasteiger partial charge in [-0.05, 0) is 42.3 Å². The first-order valence-electron chi connectivity index (χ1n) is 8.82. The van der Waals surface area contributed by atoms with Crippen molar-refractivity contribution in [3.8, 4) is 11.8 Å². The zero-order valence-corrected chi connectivity index (χ0v) is 15.0. The highest BCUT2D eigenvalue weighted by atomic mass is 19.1. The number of fused-ring (bicyclic) bond motifs is 1. The van der Waals surface area contributed by atoms with E-state index in [9.17, 15) is 4.39 Å². The van der Waals surface area contributed by atoms with Crippen LogP contribution in [-0.4, -0.2) is 42.7 Å². The average Bonchev–Trinajstić information content (AvgIpc) is 3.04. The van der Waals surface area contributed by atoms with Crippen molar-refractivity contribution in [1.29, 1.82) is 0 Å². The lowest BCUT2D eigenvalue weighted by Crippen LogP contribution is -2.12. The zero-order valence-electron chi connectivity index (χ0n) is 15.0. The molecule has 0 spiro atoms. The van der Waals surface area contributed by atoms with Crippen LogP contribution >= 0.6 is 0 Å². The molecule has 0 radical (unpaired) electrons. The first-order chi connectivity index (χ1) is 13.3. The van der Waals surface area contributed by atoms with E-state index in [2.05, 4.69) is 16.8 Å². The molecule has 0 bridgehead atoms. The fraction of sp³-hybridized carbons (Fsp3) is 0.286. The van der Waals surface area contributed by atoms with Crippen molar-refractivity contribution in [3.63, 3.8) is 0 Å². The smallest absolute Gasteiger partial charge is 0.186 e. The van der Waals surface area contributed by atoms with Crippen molar-refractivity contribution in [1.82, 2.24) is 9.55 Å². The molecule has 0 saturated heterocycles. The molecule has 5 nitrogen and oxygen atoms in total. The van der Waals surface area contributed by atoms with Crippen LogP contribution in [0.3, 0.4) is 0 Å². The number of aromatic nitrogens is 2. The fourth-order valence-electron chi connectivity index (χ4n) is 2.62. The monoisotopic (exact) mass is 367 g/mol. The Morgan fingerprint density at radius 3 is 2.44 bits per heavy atom. The number of hydrogen-bond donors (Lipinski definition) is 1. The van der Waals surface area contributed by atoms with Gasteiger partial charge >= 0.3 is 0 Å². The summed E-state index contributed by atoms with van der Waals surface area (Å²) in [5.74, 6) is 6.96. The Morgan fingerprint density at radius 1 is 0.926 bits per heavy atom. The van der Waals surface area contributed by atoms with E-state index in [1.807, 2.05) is 53.1 Å². The maximum atomic E-state index is 12.0. The third-order valence-corrected chi connectivity index (χ3v) is 3.94. The summed E-state index contributed by atoms with van der Waals surface area (Å²) < 4.78 is 24.6. The van der Waals surface area contributed by atoms with E-state index in [1.54, 1.807) is 0 Å². The normalized spacial score (nSPS) is 10.7. The number of imidazole rings is 1. The second-order valence-corrected chi connectivity index (χ2v) is 5.86. The number of nitrogens with zero attached hydrogens (tertiary/aromatic N) is 2. The number of hydrogen-bond acceptors (Lipinski definition) is 4. The molecule has 0 amide bonds. The Balaban J connectivity index is 1.71. The highest BCUT2D eigenvalue weighted by Gasteiger charge is 2.08. The molecule has 6 heteroatoms. The molecule has 1 heterocycles. The molecular weight excluding hydrogens is 345 g/mol. The van der Waals surface area contributed by atoms with Crippen LogP contribution in [0.15, 0.2) is 48.5 Å². The van der Waals surface area contributed by atoms with Crippen molar-refractivity contribution in [2.45, 2.75) is 6.54 Å². The van der Waals surface area contributed by atoms with Gasteiger partial charge in [-0.2, -0.15) is 0 Å². The fourth-order valence-corrected chi connectivity index (χ4v) is 2.62. The molecule has 0 saturated carbocycles. The van der Waals surface area contributed by atoms with Gasteiger partial charge in [0.1, 0.15) is 6.67 Å². The van der Waals surface area contributed by atoms with Crippen LogP contribution in [0.4, 0.5) is 10.1 Å². The van der Waals surface area contributed by atoms with Crippen molar-refractivity contribution in [3.05, 3.63) is 59.9 Å². The van der Waals surface area contributed by atoms with Crippen molar-refractivity contribution >= 4 is 16.7 Å². The summed E-state index contributed by atoms with van der Waals surface area (Å²) in [5.41, 5.74) is 9.20. The maximum Gasteiger partial charge on any atom is 0.186 e. The molecule has 1 aromatic heterocycles. The van der Waals surface area contributed by atoms with Crippen LogP contribution in [0.25, 0.3) is 11.0 Å². The van der Waals surface area contributed by atoms with Gasteiger partial charge < -0.3 is 19.8 Å². The number of anilines is 1. The standard InChI is InChI=1S/C21H22FN3O2/c22-11-13-26-15-16-27-14-12-25-20-4-2-1-3-19(20)24-21(25)10-7-17-5-8-18(23)9-6-17/h1-6,8-9H,11-16,23H2. The molecular formula is C21H22FN3O2. The predicted octanol–water partition coefficient (Wildman–Crippen LogP) is 3.02. The molecule has 0 fully saturated rings. The van der Waals surface area contributed by atoms with Gasteiger partial charge in [-0.1, -0.05) is 18.1 Å². The summed E-state index contributed by atoms with van der Waals surface area (Å²) in [6.45, 7) is 1.57. The minimum absolute atomic E-state index is 0.111. The number of nitrogens with two attached hydrogens (primary N) is 1. The van der Waals surface area contributed by atoms with Crippen molar-refractivity contribution in [2.24, 2.45) is 0 Å². The van der Waals surface area contributed by atoms with Crippen LogP contribution in [0.5, 0.6) is 0 Å². The zero-order chi connectivity index (χ0) is 18.9. The van der Waals surface area contributed by atoms with Crippen LogP contribution in [0.1, 0.15) is 11.4 Å². The lowest BCUT2D eigenvalue weighted by Gasteiger charge is -2.07. The largest absolute Gasteiger partial charge is 0.399 e. The molecule has 27 heavy (non-hydrogen) atoms. The lowest BCUT2D eigenvalue weighted by molar-refractivity contribution is 0.0404. The van der Waals surface area contributed by atoms with E-state index in [0.717, 1.165) is 16.6 Å². The number of halogens is 1. The number of ether oxygens (including phenoxy) is 2. The van der Waals surface area contributed by atoms with Crippen molar-refractivity contribution < 1.29 is 13.9 Å². The van der Waals surface area contributed by atoms with E-state index >= 15 is 0 Å². The third-order valence-electron chi connectivity index (χ3n) is 3.94. The molecule has 0 unspecified atom stereocenters. The molecule has 2 aromatic carbocycles. The Bertz CT molecular complexity index is 926. The van der Waals surface area contributed by atoms with E-state index < -0.39 is 6.67 Å². The highest BCUT2D eigenvalue weighted by Crippen LogP contribution is 2.15. The lowest BCUT2D eigenvalue weighted by atomic mass is 10.2. The van der Waals surface area contributed by atoms with Gasteiger partial charge in [0.2, 0.25) is 0 Å². The third kappa shape index (κ3) is 5.30. The number of alkyl halides is 1. The molecule has 0 aliphatic carbocycles.